The first-order valence-electron chi connectivity index (χ1n) is 7.48. The van der Waals surface area contributed by atoms with E-state index in [2.05, 4.69) is 32.0 Å². The van der Waals surface area contributed by atoms with Gasteiger partial charge in [-0.15, -0.1) is 0 Å². The molecule has 1 atom stereocenters. The largest absolute Gasteiger partial charge is 0.493 e. The highest BCUT2D eigenvalue weighted by Gasteiger charge is 2.41. The molecular formula is C17H24O2. The lowest BCUT2D eigenvalue weighted by Gasteiger charge is -2.42. The number of hydrogen-bond acceptors (Lipinski definition) is 2. The van der Waals surface area contributed by atoms with Crippen LogP contribution in [0.15, 0.2) is 18.2 Å². The molecule has 1 aromatic carbocycles. The van der Waals surface area contributed by atoms with Gasteiger partial charge in [0.2, 0.25) is 0 Å². The number of aliphatic hydroxyl groups is 1. The summed E-state index contributed by atoms with van der Waals surface area (Å²) in [4.78, 5) is 0. The molecule has 1 N–H and O–H groups in total. The molecule has 19 heavy (non-hydrogen) atoms. The molecule has 2 heteroatoms. The molecule has 0 spiro atoms. The number of fused-ring (bicyclic) bond motifs is 1. The third kappa shape index (κ3) is 2.38. The molecule has 1 heterocycles. The van der Waals surface area contributed by atoms with Gasteiger partial charge in [-0.1, -0.05) is 32.0 Å². The Kier molecular flexibility index (Phi) is 3.09. The zero-order valence-corrected chi connectivity index (χ0v) is 12.0. The minimum absolute atomic E-state index is 0.213. The molecule has 1 unspecified atom stereocenters. The molecule has 2 nitrogen and oxygen atoms in total. The molecule has 1 fully saturated rings. The summed E-state index contributed by atoms with van der Waals surface area (Å²) < 4.78 is 5.88. The van der Waals surface area contributed by atoms with Gasteiger partial charge in [0.1, 0.15) is 5.75 Å². The zero-order valence-electron chi connectivity index (χ0n) is 12.0. The fraction of sp³-hybridized carbons (Fsp3) is 0.647. The third-order valence-corrected chi connectivity index (χ3v) is 4.65. The van der Waals surface area contributed by atoms with E-state index in [-0.39, 0.29) is 5.41 Å². The number of ether oxygens (including phenoxy) is 1. The van der Waals surface area contributed by atoms with E-state index >= 15 is 0 Å². The summed E-state index contributed by atoms with van der Waals surface area (Å²) in [6.45, 7) is 5.30. The van der Waals surface area contributed by atoms with E-state index in [9.17, 15) is 5.11 Å². The average molecular weight is 260 g/mol. The quantitative estimate of drug-likeness (QED) is 0.832. The lowest BCUT2D eigenvalue weighted by atomic mass is 9.67. The lowest BCUT2D eigenvalue weighted by molar-refractivity contribution is -0.0460. The summed E-state index contributed by atoms with van der Waals surface area (Å²) in [5.74, 6) is 0.967. The summed E-state index contributed by atoms with van der Waals surface area (Å²) in [7, 11) is 0. The lowest BCUT2D eigenvalue weighted by Crippen LogP contribution is -2.37. The minimum Gasteiger partial charge on any atom is -0.493 e. The predicted molar refractivity (Wildman–Crippen MR) is 76.4 cm³/mol. The molecule has 3 rings (SSSR count). The second-order valence-electron chi connectivity index (χ2n) is 6.97. The van der Waals surface area contributed by atoms with Crippen LogP contribution in [0.1, 0.15) is 57.1 Å². The maximum atomic E-state index is 11.2. The van der Waals surface area contributed by atoms with Crippen LogP contribution in [0.25, 0.3) is 0 Å². The molecule has 0 aromatic heterocycles. The number of para-hydroxylation sites is 1. The van der Waals surface area contributed by atoms with Gasteiger partial charge < -0.3 is 9.84 Å². The Bertz CT molecular complexity index is 478. The van der Waals surface area contributed by atoms with Crippen LogP contribution in [-0.2, 0) is 12.0 Å². The van der Waals surface area contributed by atoms with Crippen molar-refractivity contribution in [1.29, 1.82) is 0 Å². The van der Waals surface area contributed by atoms with E-state index < -0.39 is 5.60 Å². The summed E-state index contributed by atoms with van der Waals surface area (Å²) in [5.41, 5.74) is 1.80. The molecule has 2 aliphatic rings. The minimum atomic E-state index is -0.704. The number of aryl methyl sites for hydroxylation is 1. The molecular weight excluding hydrogens is 236 g/mol. The number of hydrogen-bond donors (Lipinski definition) is 1. The topological polar surface area (TPSA) is 29.5 Å². The van der Waals surface area contributed by atoms with Crippen LogP contribution < -0.4 is 4.74 Å². The van der Waals surface area contributed by atoms with Gasteiger partial charge in [0.25, 0.3) is 0 Å². The van der Waals surface area contributed by atoms with Crippen molar-refractivity contribution in [2.75, 3.05) is 6.61 Å². The van der Waals surface area contributed by atoms with Crippen LogP contribution in [0.2, 0.25) is 0 Å². The van der Waals surface area contributed by atoms with E-state index in [1.165, 1.54) is 12.0 Å². The van der Waals surface area contributed by atoms with Gasteiger partial charge in [-0.25, -0.2) is 0 Å². The monoisotopic (exact) mass is 260 g/mol. The maximum absolute atomic E-state index is 11.2. The summed E-state index contributed by atoms with van der Waals surface area (Å²) >= 11 is 0. The Labute approximate surface area is 115 Å². The molecule has 1 aromatic rings. The van der Waals surface area contributed by atoms with E-state index in [1.54, 1.807) is 0 Å². The zero-order chi connectivity index (χ0) is 13.5. The van der Waals surface area contributed by atoms with E-state index in [1.807, 2.05) is 0 Å². The van der Waals surface area contributed by atoms with Crippen LogP contribution in [0, 0.1) is 5.41 Å². The van der Waals surface area contributed by atoms with Crippen LogP contribution in [0.4, 0.5) is 0 Å². The molecule has 1 saturated carbocycles. The Hall–Kier alpha value is -1.02. The molecule has 1 aliphatic heterocycles. The van der Waals surface area contributed by atoms with Crippen LogP contribution in [0.3, 0.4) is 0 Å². The first kappa shape index (κ1) is 13.0. The fourth-order valence-corrected chi connectivity index (χ4v) is 3.81. The van der Waals surface area contributed by atoms with Gasteiger partial charge in [0, 0.05) is 5.56 Å². The molecule has 0 saturated heterocycles. The number of benzene rings is 1. The van der Waals surface area contributed by atoms with Gasteiger partial charge >= 0.3 is 0 Å². The molecule has 104 valence electrons. The Morgan fingerprint density at radius 3 is 2.79 bits per heavy atom. The van der Waals surface area contributed by atoms with Gasteiger partial charge in [0.05, 0.1) is 12.2 Å². The van der Waals surface area contributed by atoms with Crippen molar-refractivity contribution in [3.8, 4) is 5.75 Å². The van der Waals surface area contributed by atoms with Crippen LogP contribution >= 0.6 is 0 Å². The Balaban J connectivity index is 2.01. The second kappa shape index (κ2) is 4.52. The van der Waals surface area contributed by atoms with Crippen LogP contribution in [-0.4, -0.2) is 11.7 Å². The van der Waals surface area contributed by atoms with Crippen molar-refractivity contribution < 1.29 is 9.84 Å². The van der Waals surface area contributed by atoms with Crippen molar-refractivity contribution in [2.24, 2.45) is 5.41 Å². The normalized spacial score (nSPS) is 29.4. The molecule has 1 aliphatic carbocycles. The van der Waals surface area contributed by atoms with Gasteiger partial charge in [-0.05, 0) is 49.5 Å². The highest BCUT2D eigenvalue weighted by Crippen LogP contribution is 2.49. The predicted octanol–water partition coefficient (Wildman–Crippen LogP) is 3.80. The SMILES string of the molecule is CC1(C)CCCC(O)(c2cccc3c2OCCC3)C1. The van der Waals surface area contributed by atoms with E-state index in [4.69, 9.17) is 4.74 Å². The summed E-state index contributed by atoms with van der Waals surface area (Å²) in [6, 6.07) is 6.27. The first-order chi connectivity index (χ1) is 9.00. The molecule has 0 amide bonds. The highest BCUT2D eigenvalue weighted by atomic mass is 16.5. The van der Waals surface area contributed by atoms with Crippen molar-refractivity contribution >= 4 is 0 Å². The Morgan fingerprint density at radius 1 is 1.16 bits per heavy atom. The number of rotatable bonds is 1. The molecule has 0 bridgehead atoms. The van der Waals surface area contributed by atoms with Crippen molar-refractivity contribution in [3.05, 3.63) is 29.3 Å². The summed E-state index contributed by atoms with van der Waals surface area (Å²) in [6.07, 6.45) is 6.14. The van der Waals surface area contributed by atoms with Crippen molar-refractivity contribution in [3.63, 3.8) is 0 Å². The fourth-order valence-electron chi connectivity index (χ4n) is 3.81. The standard InChI is InChI=1S/C17H24O2/c1-16(2)9-5-10-17(18,12-16)14-8-3-6-13-7-4-11-19-15(13)14/h3,6,8,18H,4-5,7,9-12H2,1-2H3. The average Bonchev–Trinajstić information content (AvgIpc) is 2.36. The smallest absolute Gasteiger partial charge is 0.128 e. The molecule has 0 radical (unpaired) electrons. The van der Waals surface area contributed by atoms with Gasteiger partial charge in [-0.3, -0.25) is 0 Å². The summed E-state index contributed by atoms with van der Waals surface area (Å²) in [5, 5.41) is 11.2. The second-order valence-corrected chi connectivity index (χ2v) is 6.97. The van der Waals surface area contributed by atoms with Crippen LogP contribution in [0.5, 0.6) is 5.75 Å². The first-order valence-corrected chi connectivity index (χ1v) is 7.48. The Morgan fingerprint density at radius 2 is 2.00 bits per heavy atom. The van der Waals surface area contributed by atoms with E-state index in [0.29, 0.717) is 0 Å². The third-order valence-electron chi connectivity index (χ3n) is 4.65. The van der Waals surface area contributed by atoms with E-state index in [0.717, 1.165) is 50.0 Å². The van der Waals surface area contributed by atoms with Crippen molar-refractivity contribution in [2.45, 2.75) is 58.0 Å². The van der Waals surface area contributed by atoms with Gasteiger partial charge in [0.15, 0.2) is 0 Å². The van der Waals surface area contributed by atoms with Gasteiger partial charge in [-0.2, -0.15) is 0 Å². The van der Waals surface area contributed by atoms with Crippen molar-refractivity contribution in [1.82, 2.24) is 0 Å². The maximum Gasteiger partial charge on any atom is 0.128 e. The highest BCUT2D eigenvalue weighted by molar-refractivity contribution is 5.46.